The predicted molar refractivity (Wildman–Crippen MR) is 110 cm³/mol. The van der Waals surface area contributed by atoms with Crippen molar-refractivity contribution in [3.8, 4) is 5.75 Å². The van der Waals surface area contributed by atoms with Crippen LogP contribution in [-0.2, 0) is 19.8 Å². The van der Waals surface area contributed by atoms with Crippen molar-refractivity contribution in [3.63, 3.8) is 0 Å². The second-order valence-corrected chi connectivity index (χ2v) is 7.57. The predicted octanol–water partition coefficient (Wildman–Crippen LogP) is 3.71. The minimum Gasteiger partial charge on any atom is -0.508 e. The van der Waals surface area contributed by atoms with E-state index >= 15 is 0 Å². The number of nitrogens with one attached hydrogen (secondary N) is 1. The SMILES string of the molecule is CN1CC=C(NCc2cnn(C)c2)c2cnccc2C1c1ccc(C(F)(F)F)cc1O. The van der Waals surface area contributed by atoms with Crippen molar-refractivity contribution in [3.05, 3.63) is 82.9 Å². The normalized spacial score (nSPS) is 17.1. The Kier molecular flexibility index (Phi) is 5.45. The van der Waals surface area contributed by atoms with E-state index in [-0.39, 0.29) is 5.75 Å². The maximum absolute atomic E-state index is 13.0. The Hall–Kier alpha value is -3.33. The molecular weight excluding hydrogens is 407 g/mol. The number of phenols is 1. The first-order valence-electron chi connectivity index (χ1n) is 9.70. The van der Waals surface area contributed by atoms with E-state index < -0.39 is 17.8 Å². The number of hydrogen-bond acceptors (Lipinski definition) is 5. The van der Waals surface area contributed by atoms with Gasteiger partial charge in [-0.25, -0.2) is 0 Å². The maximum Gasteiger partial charge on any atom is 0.416 e. The summed E-state index contributed by atoms with van der Waals surface area (Å²) in [5, 5.41) is 18.1. The molecule has 4 rings (SSSR count). The maximum atomic E-state index is 13.0. The Morgan fingerprint density at radius 2 is 1.97 bits per heavy atom. The number of aromatic hydroxyl groups is 1. The van der Waals surface area contributed by atoms with Gasteiger partial charge in [-0.3, -0.25) is 14.6 Å². The molecule has 2 N–H and O–H groups in total. The summed E-state index contributed by atoms with van der Waals surface area (Å²) in [5.41, 5.74) is 3.09. The van der Waals surface area contributed by atoms with E-state index in [9.17, 15) is 18.3 Å². The summed E-state index contributed by atoms with van der Waals surface area (Å²) in [6.07, 6.45) is 4.57. The molecule has 31 heavy (non-hydrogen) atoms. The average Bonchev–Trinajstić information content (AvgIpc) is 3.08. The van der Waals surface area contributed by atoms with Crippen LogP contribution in [-0.4, -0.2) is 38.4 Å². The zero-order valence-electron chi connectivity index (χ0n) is 17.1. The summed E-state index contributed by atoms with van der Waals surface area (Å²) < 4.78 is 40.9. The van der Waals surface area contributed by atoms with Crippen molar-refractivity contribution >= 4 is 5.70 Å². The highest BCUT2D eigenvalue weighted by atomic mass is 19.4. The van der Waals surface area contributed by atoms with Crippen molar-refractivity contribution in [2.75, 3.05) is 13.6 Å². The molecule has 0 amide bonds. The van der Waals surface area contributed by atoms with Gasteiger partial charge < -0.3 is 10.4 Å². The number of likely N-dealkylation sites (N-methyl/N-ethyl adjacent to an activating group) is 1. The lowest BCUT2D eigenvalue weighted by atomic mass is 9.93. The summed E-state index contributed by atoms with van der Waals surface area (Å²) in [6.45, 7) is 1.09. The van der Waals surface area contributed by atoms with Gasteiger partial charge in [-0.1, -0.05) is 6.07 Å². The number of rotatable bonds is 4. The van der Waals surface area contributed by atoms with Gasteiger partial charge in [0.1, 0.15) is 5.75 Å². The molecule has 0 aliphatic carbocycles. The first-order chi connectivity index (χ1) is 14.7. The van der Waals surface area contributed by atoms with Gasteiger partial charge in [-0.15, -0.1) is 0 Å². The minimum atomic E-state index is -4.52. The number of halogens is 3. The molecule has 2 aromatic heterocycles. The first kappa shape index (κ1) is 20.9. The third-order valence-electron chi connectivity index (χ3n) is 5.36. The molecule has 1 atom stereocenters. The molecule has 9 heteroatoms. The van der Waals surface area contributed by atoms with Crippen LogP contribution in [0, 0.1) is 0 Å². The number of hydrogen-bond donors (Lipinski definition) is 2. The summed E-state index contributed by atoms with van der Waals surface area (Å²) in [5.74, 6) is -0.388. The molecule has 3 heterocycles. The van der Waals surface area contributed by atoms with Gasteiger partial charge in [0, 0.05) is 61.1 Å². The van der Waals surface area contributed by atoms with Gasteiger partial charge >= 0.3 is 6.18 Å². The molecule has 0 saturated carbocycles. The average molecular weight is 429 g/mol. The fourth-order valence-corrected chi connectivity index (χ4v) is 3.84. The summed E-state index contributed by atoms with van der Waals surface area (Å²) in [4.78, 5) is 6.22. The van der Waals surface area contributed by atoms with Gasteiger partial charge in [-0.05, 0) is 36.9 Å². The zero-order chi connectivity index (χ0) is 22.2. The molecular formula is C22H22F3N5O. The number of phenolic OH excluding ortho intramolecular Hbond substituents is 1. The number of nitrogens with zero attached hydrogens (tertiary/aromatic N) is 4. The van der Waals surface area contributed by atoms with Crippen molar-refractivity contribution in [1.29, 1.82) is 0 Å². The number of fused-ring (bicyclic) bond motifs is 1. The molecule has 1 unspecified atom stereocenters. The summed E-state index contributed by atoms with van der Waals surface area (Å²) in [6, 6.07) is 4.53. The Labute approximate surface area is 177 Å². The van der Waals surface area contributed by atoms with Crippen LogP contribution in [0.15, 0.2) is 55.1 Å². The fraction of sp³-hybridized carbons (Fsp3) is 0.273. The van der Waals surface area contributed by atoms with Crippen LogP contribution in [0.1, 0.15) is 33.9 Å². The Balaban J connectivity index is 1.70. The Morgan fingerprint density at radius 1 is 1.16 bits per heavy atom. The van der Waals surface area contributed by atoms with Crippen molar-refractivity contribution < 1.29 is 18.3 Å². The van der Waals surface area contributed by atoms with Gasteiger partial charge in [0.05, 0.1) is 17.8 Å². The van der Waals surface area contributed by atoms with E-state index in [0.717, 1.165) is 34.5 Å². The van der Waals surface area contributed by atoms with Gasteiger partial charge in [0.15, 0.2) is 0 Å². The minimum absolute atomic E-state index is 0.388. The monoisotopic (exact) mass is 429 g/mol. The van der Waals surface area contributed by atoms with E-state index in [2.05, 4.69) is 15.4 Å². The largest absolute Gasteiger partial charge is 0.508 e. The molecule has 6 nitrogen and oxygen atoms in total. The van der Waals surface area contributed by atoms with Crippen LogP contribution in [0.4, 0.5) is 13.2 Å². The Bertz CT molecular complexity index is 1120. The standard InChI is InChI=1S/C22H22F3N5O/c1-29-8-6-19(27-10-14-11-28-30(2)13-14)18-12-26-7-5-16(18)21(29)17-4-3-15(9-20(17)31)22(23,24)25/h3-7,9,11-13,21,27,31H,8,10H2,1-2H3. The van der Waals surface area contributed by atoms with Crippen LogP contribution in [0.2, 0.25) is 0 Å². The lowest BCUT2D eigenvalue weighted by molar-refractivity contribution is -0.137. The smallest absolute Gasteiger partial charge is 0.416 e. The number of alkyl halides is 3. The molecule has 0 saturated heterocycles. The fourth-order valence-electron chi connectivity index (χ4n) is 3.84. The molecule has 1 aromatic carbocycles. The number of aryl methyl sites for hydroxylation is 1. The highest BCUT2D eigenvalue weighted by Crippen LogP contribution is 2.40. The summed E-state index contributed by atoms with van der Waals surface area (Å²) >= 11 is 0. The second-order valence-electron chi connectivity index (χ2n) is 7.57. The third-order valence-corrected chi connectivity index (χ3v) is 5.36. The number of pyridine rings is 1. The van der Waals surface area contributed by atoms with Crippen molar-refractivity contribution in [2.24, 2.45) is 7.05 Å². The molecule has 0 fully saturated rings. The van der Waals surface area contributed by atoms with Crippen LogP contribution in [0.25, 0.3) is 5.70 Å². The first-order valence-corrected chi connectivity index (χ1v) is 9.70. The van der Waals surface area contributed by atoms with Gasteiger partial charge in [0.2, 0.25) is 0 Å². The lowest BCUT2D eigenvalue weighted by Gasteiger charge is -2.28. The van der Waals surface area contributed by atoms with Crippen LogP contribution >= 0.6 is 0 Å². The molecule has 1 aliphatic rings. The van der Waals surface area contributed by atoms with E-state index in [1.54, 1.807) is 23.3 Å². The van der Waals surface area contributed by atoms with Crippen molar-refractivity contribution in [1.82, 2.24) is 25.0 Å². The highest BCUT2D eigenvalue weighted by Gasteiger charge is 2.33. The quantitative estimate of drug-likeness (QED) is 0.662. The van der Waals surface area contributed by atoms with E-state index in [4.69, 9.17) is 0 Å². The van der Waals surface area contributed by atoms with E-state index in [0.29, 0.717) is 18.7 Å². The van der Waals surface area contributed by atoms with Gasteiger partial charge in [-0.2, -0.15) is 18.3 Å². The van der Waals surface area contributed by atoms with Crippen LogP contribution < -0.4 is 5.32 Å². The molecule has 0 radical (unpaired) electrons. The molecule has 0 bridgehead atoms. The Morgan fingerprint density at radius 3 is 2.65 bits per heavy atom. The third kappa shape index (κ3) is 4.27. The van der Waals surface area contributed by atoms with E-state index in [1.807, 2.05) is 37.3 Å². The number of benzene rings is 1. The highest BCUT2D eigenvalue weighted by molar-refractivity contribution is 5.69. The molecule has 3 aromatic rings. The topological polar surface area (TPSA) is 66.2 Å². The number of aromatic nitrogens is 3. The molecule has 1 aliphatic heterocycles. The van der Waals surface area contributed by atoms with Crippen molar-refractivity contribution in [2.45, 2.75) is 18.8 Å². The summed E-state index contributed by atoms with van der Waals surface area (Å²) in [7, 11) is 3.72. The van der Waals surface area contributed by atoms with Crippen LogP contribution in [0.5, 0.6) is 5.75 Å². The zero-order valence-corrected chi connectivity index (χ0v) is 17.1. The molecule has 162 valence electrons. The van der Waals surface area contributed by atoms with E-state index in [1.165, 1.54) is 6.07 Å². The lowest BCUT2D eigenvalue weighted by Crippen LogP contribution is -2.25. The van der Waals surface area contributed by atoms with Gasteiger partial charge in [0.25, 0.3) is 0 Å². The molecule has 0 spiro atoms. The van der Waals surface area contributed by atoms with Crippen LogP contribution in [0.3, 0.4) is 0 Å². The second kappa shape index (κ2) is 8.07.